The van der Waals surface area contributed by atoms with E-state index in [1.807, 2.05) is 12.1 Å². The van der Waals surface area contributed by atoms with Crippen LogP contribution in [-0.4, -0.2) is 23.8 Å². The molecule has 0 saturated heterocycles. The van der Waals surface area contributed by atoms with Crippen LogP contribution in [0.3, 0.4) is 0 Å². The van der Waals surface area contributed by atoms with Gasteiger partial charge in [0, 0.05) is 12.1 Å². The van der Waals surface area contributed by atoms with Gasteiger partial charge in [-0.25, -0.2) is 0 Å². The first-order valence-electron chi connectivity index (χ1n) is 6.74. The van der Waals surface area contributed by atoms with Crippen LogP contribution in [0.25, 0.3) is 0 Å². The molecule has 0 unspecified atom stereocenters. The van der Waals surface area contributed by atoms with Crippen LogP contribution < -0.4 is 5.73 Å². The second-order valence-electron chi connectivity index (χ2n) is 4.78. The van der Waals surface area contributed by atoms with E-state index >= 15 is 0 Å². The Kier molecular flexibility index (Phi) is 5.86. The molecule has 1 aromatic carbocycles. The molecule has 1 aromatic rings. The summed E-state index contributed by atoms with van der Waals surface area (Å²) in [5.41, 5.74) is 8.86. The van der Waals surface area contributed by atoms with Gasteiger partial charge in [0.15, 0.2) is 0 Å². The van der Waals surface area contributed by atoms with E-state index in [9.17, 15) is 0 Å². The number of nitrogens with zero attached hydrogens (tertiary/aromatic N) is 1. The minimum absolute atomic E-state index is 0.142. The van der Waals surface area contributed by atoms with Crippen LogP contribution in [0.1, 0.15) is 43.4 Å². The predicted molar refractivity (Wildman–Crippen MR) is 78.1 cm³/mol. The molecular formula is C15H25N3. The highest BCUT2D eigenvalue weighted by atomic mass is 15.1. The molecule has 0 aliphatic heterocycles. The van der Waals surface area contributed by atoms with Crippen molar-refractivity contribution in [3.05, 3.63) is 34.9 Å². The average Bonchev–Trinajstić information content (AvgIpc) is 2.35. The Bertz CT molecular complexity index is 399. The van der Waals surface area contributed by atoms with Crippen LogP contribution in [0.15, 0.2) is 18.2 Å². The molecule has 0 radical (unpaired) electrons. The van der Waals surface area contributed by atoms with Crippen LogP contribution in [0.5, 0.6) is 0 Å². The third-order valence-corrected chi connectivity index (χ3v) is 3.32. The number of amidine groups is 1. The van der Waals surface area contributed by atoms with Gasteiger partial charge in [-0.1, -0.05) is 32.4 Å². The lowest BCUT2D eigenvalue weighted by molar-refractivity contribution is 0.275. The van der Waals surface area contributed by atoms with Crippen molar-refractivity contribution in [1.82, 2.24) is 4.90 Å². The summed E-state index contributed by atoms with van der Waals surface area (Å²) in [6.07, 6.45) is 2.48. The van der Waals surface area contributed by atoms with Crippen molar-refractivity contribution in [2.24, 2.45) is 5.73 Å². The molecule has 0 bridgehead atoms. The van der Waals surface area contributed by atoms with Crippen LogP contribution in [0.2, 0.25) is 0 Å². The zero-order valence-electron chi connectivity index (χ0n) is 11.8. The van der Waals surface area contributed by atoms with Gasteiger partial charge in [-0.3, -0.25) is 10.3 Å². The molecule has 3 N–H and O–H groups in total. The number of hydrogen-bond acceptors (Lipinski definition) is 2. The normalized spacial score (nSPS) is 10.9. The van der Waals surface area contributed by atoms with Gasteiger partial charge < -0.3 is 5.73 Å². The summed E-state index contributed by atoms with van der Waals surface area (Å²) < 4.78 is 0. The number of unbranched alkanes of at least 4 members (excludes halogenated alkanes) is 1. The minimum atomic E-state index is 0.142. The Balaban J connectivity index is 2.74. The molecule has 3 nitrogen and oxygen atoms in total. The molecule has 0 amide bonds. The molecule has 0 saturated carbocycles. The number of rotatable bonds is 7. The number of nitrogens with two attached hydrogens (primary N) is 1. The molecule has 0 aliphatic rings. The summed E-state index contributed by atoms with van der Waals surface area (Å²) in [5.74, 6) is 0.142. The Labute approximate surface area is 111 Å². The van der Waals surface area contributed by atoms with Gasteiger partial charge in [0.25, 0.3) is 0 Å². The number of hydrogen-bond donors (Lipinski definition) is 2. The molecular weight excluding hydrogens is 222 g/mol. The molecule has 1 rings (SSSR count). The van der Waals surface area contributed by atoms with E-state index in [0.717, 1.165) is 25.2 Å². The first-order valence-corrected chi connectivity index (χ1v) is 6.74. The van der Waals surface area contributed by atoms with Gasteiger partial charge >= 0.3 is 0 Å². The van der Waals surface area contributed by atoms with Crippen molar-refractivity contribution in [1.29, 1.82) is 5.41 Å². The summed E-state index contributed by atoms with van der Waals surface area (Å²) >= 11 is 0. The topological polar surface area (TPSA) is 53.1 Å². The summed E-state index contributed by atoms with van der Waals surface area (Å²) in [6.45, 7) is 9.74. The van der Waals surface area contributed by atoms with Crippen LogP contribution in [0.4, 0.5) is 0 Å². The molecule has 0 spiro atoms. The third kappa shape index (κ3) is 4.15. The lowest BCUT2D eigenvalue weighted by atomic mass is 10.0. The van der Waals surface area contributed by atoms with Crippen molar-refractivity contribution in [3.63, 3.8) is 0 Å². The summed E-state index contributed by atoms with van der Waals surface area (Å²) in [5, 5.41) is 7.44. The SMILES string of the molecule is CCCCN(CC)Cc1ccc(C(=N)N)cc1C. The van der Waals surface area contributed by atoms with Crippen LogP contribution in [0, 0.1) is 12.3 Å². The van der Waals surface area contributed by atoms with Crippen molar-refractivity contribution in [3.8, 4) is 0 Å². The molecule has 0 fully saturated rings. The highest BCUT2D eigenvalue weighted by Crippen LogP contribution is 2.14. The molecule has 0 aromatic heterocycles. The Morgan fingerprint density at radius 1 is 1.33 bits per heavy atom. The summed E-state index contributed by atoms with van der Waals surface area (Å²) in [4.78, 5) is 2.46. The van der Waals surface area contributed by atoms with E-state index in [1.165, 1.54) is 24.0 Å². The van der Waals surface area contributed by atoms with Gasteiger partial charge in [-0.15, -0.1) is 0 Å². The molecule has 100 valence electrons. The zero-order chi connectivity index (χ0) is 13.5. The minimum Gasteiger partial charge on any atom is -0.384 e. The molecule has 0 heterocycles. The Morgan fingerprint density at radius 2 is 2.06 bits per heavy atom. The fourth-order valence-corrected chi connectivity index (χ4v) is 2.01. The lowest BCUT2D eigenvalue weighted by Gasteiger charge is -2.21. The number of benzene rings is 1. The fourth-order valence-electron chi connectivity index (χ4n) is 2.01. The van der Waals surface area contributed by atoms with Gasteiger partial charge in [0.2, 0.25) is 0 Å². The fraction of sp³-hybridized carbons (Fsp3) is 0.533. The molecule has 0 atom stereocenters. The van der Waals surface area contributed by atoms with E-state index in [4.69, 9.17) is 11.1 Å². The van der Waals surface area contributed by atoms with Gasteiger partial charge in [0.1, 0.15) is 5.84 Å². The highest BCUT2D eigenvalue weighted by molar-refractivity contribution is 5.95. The monoisotopic (exact) mass is 247 g/mol. The van der Waals surface area contributed by atoms with E-state index in [-0.39, 0.29) is 5.84 Å². The number of nitrogen functional groups attached to an aromatic ring is 1. The second kappa shape index (κ2) is 7.17. The van der Waals surface area contributed by atoms with Crippen LogP contribution in [-0.2, 0) is 6.54 Å². The maximum absolute atomic E-state index is 7.44. The molecule has 0 aliphatic carbocycles. The number of aryl methyl sites for hydroxylation is 1. The van der Waals surface area contributed by atoms with E-state index in [0.29, 0.717) is 0 Å². The first kappa shape index (κ1) is 14.7. The predicted octanol–water partition coefficient (Wildman–Crippen LogP) is 2.90. The number of nitrogens with one attached hydrogen (secondary N) is 1. The van der Waals surface area contributed by atoms with E-state index < -0.39 is 0 Å². The Hall–Kier alpha value is -1.35. The molecule has 3 heteroatoms. The smallest absolute Gasteiger partial charge is 0.122 e. The maximum atomic E-state index is 7.44. The van der Waals surface area contributed by atoms with Gasteiger partial charge in [-0.2, -0.15) is 0 Å². The maximum Gasteiger partial charge on any atom is 0.122 e. The summed E-state index contributed by atoms with van der Waals surface area (Å²) in [7, 11) is 0. The third-order valence-electron chi connectivity index (χ3n) is 3.32. The largest absolute Gasteiger partial charge is 0.384 e. The van der Waals surface area contributed by atoms with E-state index in [1.54, 1.807) is 0 Å². The zero-order valence-corrected chi connectivity index (χ0v) is 11.8. The second-order valence-corrected chi connectivity index (χ2v) is 4.78. The van der Waals surface area contributed by atoms with Crippen molar-refractivity contribution >= 4 is 5.84 Å². The van der Waals surface area contributed by atoms with Crippen molar-refractivity contribution in [2.45, 2.75) is 40.2 Å². The molecule has 18 heavy (non-hydrogen) atoms. The quantitative estimate of drug-likeness (QED) is 0.575. The first-order chi connectivity index (χ1) is 8.58. The van der Waals surface area contributed by atoms with Crippen molar-refractivity contribution < 1.29 is 0 Å². The average molecular weight is 247 g/mol. The highest BCUT2D eigenvalue weighted by Gasteiger charge is 2.07. The standard InChI is InChI=1S/C15H25N3/c1-4-6-9-18(5-2)11-14-8-7-13(15(16)17)10-12(14)3/h7-8,10H,4-6,9,11H2,1-3H3,(H3,16,17). The van der Waals surface area contributed by atoms with Gasteiger partial charge in [-0.05, 0) is 43.6 Å². The lowest BCUT2D eigenvalue weighted by Crippen LogP contribution is -2.24. The van der Waals surface area contributed by atoms with Gasteiger partial charge in [0.05, 0.1) is 0 Å². The van der Waals surface area contributed by atoms with Crippen LogP contribution >= 0.6 is 0 Å². The summed E-state index contributed by atoms with van der Waals surface area (Å²) in [6, 6.07) is 6.05. The van der Waals surface area contributed by atoms with E-state index in [2.05, 4.69) is 31.7 Å². The van der Waals surface area contributed by atoms with Crippen molar-refractivity contribution in [2.75, 3.05) is 13.1 Å². The Morgan fingerprint density at radius 3 is 2.56 bits per heavy atom.